The Morgan fingerprint density at radius 3 is 2.68 bits per heavy atom. The van der Waals surface area contributed by atoms with Crippen LogP contribution in [0, 0.1) is 6.92 Å². The van der Waals surface area contributed by atoms with E-state index in [0.29, 0.717) is 16.4 Å². The summed E-state index contributed by atoms with van der Waals surface area (Å²) in [5.41, 5.74) is 1.66. The maximum atomic E-state index is 12.7. The highest BCUT2D eigenvalue weighted by Crippen LogP contribution is 2.31. The van der Waals surface area contributed by atoms with Gasteiger partial charge < -0.3 is 4.90 Å². The molecule has 9 heteroatoms. The minimum atomic E-state index is -4.29. The number of hydrogen-bond acceptors (Lipinski definition) is 3. The highest BCUT2D eigenvalue weighted by molar-refractivity contribution is 7.20. The van der Waals surface area contributed by atoms with Crippen molar-refractivity contribution in [2.45, 2.75) is 33.0 Å². The quantitative estimate of drug-likeness (QED) is 0.517. The molecule has 3 aromatic rings. The van der Waals surface area contributed by atoms with Crippen LogP contribution < -0.4 is 0 Å². The third-order valence-electron chi connectivity index (χ3n) is 4.43. The maximum absolute atomic E-state index is 12.7. The van der Waals surface area contributed by atoms with E-state index in [1.165, 1.54) is 16.2 Å². The highest BCUT2D eigenvalue weighted by atomic mass is 35.5. The molecule has 4 nitrogen and oxygen atoms in total. The fourth-order valence-electron chi connectivity index (χ4n) is 2.93. The zero-order valence-corrected chi connectivity index (χ0v) is 17.0. The molecule has 1 amide bonds. The molecule has 28 heavy (non-hydrogen) atoms. The Bertz CT molecular complexity index is 996. The number of carbonyl (C=O) groups is 1. The van der Waals surface area contributed by atoms with Crippen LogP contribution >= 0.6 is 22.9 Å². The molecule has 150 valence electrons. The molecule has 0 aliphatic rings. The second-order valence-electron chi connectivity index (χ2n) is 6.41. The van der Waals surface area contributed by atoms with Gasteiger partial charge in [-0.15, -0.1) is 11.3 Å². The van der Waals surface area contributed by atoms with Gasteiger partial charge in [0.15, 0.2) is 0 Å². The molecular formula is C19H19ClF3N3OS. The van der Waals surface area contributed by atoms with E-state index >= 15 is 0 Å². The number of halogens is 4. The molecule has 0 atom stereocenters. The Kier molecular flexibility index (Phi) is 6.00. The molecule has 0 saturated carbocycles. The minimum absolute atomic E-state index is 0.216. The third-order valence-corrected chi connectivity index (χ3v) is 5.94. The Balaban J connectivity index is 1.87. The zero-order valence-electron chi connectivity index (χ0n) is 15.4. The number of aryl methyl sites for hydroxylation is 1. The van der Waals surface area contributed by atoms with Crippen LogP contribution in [0.1, 0.15) is 34.3 Å². The summed E-state index contributed by atoms with van der Waals surface area (Å²) in [6.45, 7) is 3.83. The fourth-order valence-corrected chi connectivity index (χ4v) is 4.26. The lowest BCUT2D eigenvalue weighted by Crippen LogP contribution is -2.33. The van der Waals surface area contributed by atoms with Gasteiger partial charge in [0, 0.05) is 23.5 Å². The minimum Gasteiger partial charge on any atom is -0.338 e. The van der Waals surface area contributed by atoms with Crippen LogP contribution in [0.5, 0.6) is 0 Å². The van der Waals surface area contributed by atoms with Crippen molar-refractivity contribution in [3.63, 3.8) is 0 Å². The van der Waals surface area contributed by atoms with Gasteiger partial charge in [0.2, 0.25) is 0 Å². The number of aromatic nitrogens is 2. The van der Waals surface area contributed by atoms with Crippen LogP contribution in [-0.2, 0) is 6.54 Å². The maximum Gasteiger partial charge on any atom is 0.390 e. The van der Waals surface area contributed by atoms with Gasteiger partial charge in [-0.25, -0.2) is 0 Å². The second kappa shape index (κ2) is 8.13. The molecule has 2 aromatic heterocycles. The Labute approximate surface area is 169 Å². The van der Waals surface area contributed by atoms with Gasteiger partial charge in [0.05, 0.1) is 23.5 Å². The SMILES string of the molecule is CCN(CCC(F)(F)F)C(=O)c1cc2c(C)nn(Cc3ccccc3Cl)c2s1. The van der Waals surface area contributed by atoms with Crippen molar-refractivity contribution in [2.75, 3.05) is 13.1 Å². The van der Waals surface area contributed by atoms with Crippen molar-refractivity contribution in [2.24, 2.45) is 0 Å². The summed E-state index contributed by atoms with van der Waals surface area (Å²) in [6, 6.07) is 9.15. The van der Waals surface area contributed by atoms with Crippen LogP contribution in [0.3, 0.4) is 0 Å². The van der Waals surface area contributed by atoms with Gasteiger partial charge in [-0.05, 0) is 31.5 Å². The number of rotatable bonds is 6. The van der Waals surface area contributed by atoms with Crippen LogP contribution in [-0.4, -0.2) is 39.9 Å². The standard InChI is InChI=1S/C19H19ClF3N3OS/c1-3-25(9-8-19(21,22)23)17(27)16-10-14-12(2)24-26(18(14)28-16)11-13-6-4-5-7-15(13)20/h4-7,10H,3,8-9,11H2,1-2H3. The number of nitrogens with zero attached hydrogens (tertiary/aromatic N) is 3. The molecule has 3 rings (SSSR count). The number of hydrogen-bond donors (Lipinski definition) is 0. The van der Waals surface area contributed by atoms with Gasteiger partial charge in [-0.2, -0.15) is 18.3 Å². The molecule has 0 spiro atoms. The lowest BCUT2D eigenvalue weighted by Gasteiger charge is -2.20. The van der Waals surface area contributed by atoms with E-state index in [9.17, 15) is 18.0 Å². The van der Waals surface area contributed by atoms with E-state index < -0.39 is 18.5 Å². The van der Waals surface area contributed by atoms with Crippen LogP contribution in [0.4, 0.5) is 13.2 Å². The topological polar surface area (TPSA) is 38.1 Å². The van der Waals surface area contributed by atoms with Crippen LogP contribution in [0.2, 0.25) is 5.02 Å². The van der Waals surface area contributed by atoms with Gasteiger partial charge >= 0.3 is 6.18 Å². The predicted molar refractivity (Wildman–Crippen MR) is 105 cm³/mol. The van der Waals surface area contributed by atoms with E-state index in [1.807, 2.05) is 25.1 Å². The van der Waals surface area contributed by atoms with E-state index in [0.717, 1.165) is 21.5 Å². The second-order valence-corrected chi connectivity index (χ2v) is 7.85. The normalized spacial score (nSPS) is 11.9. The molecule has 1 aromatic carbocycles. The van der Waals surface area contributed by atoms with Crippen molar-refractivity contribution >= 4 is 39.1 Å². The first-order valence-corrected chi connectivity index (χ1v) is 9.95. The first-order valence-electron chi connectivity index (χ1n) is 8.76. The molecule has 0 aliphatic carbocycles. The summed E-state index contributed by atoms with van der Waals surface area (Å²) in [4.78, 5) is 15.1. The molecule has 0 saturated heterocycles. The molecule has 2 heterocycles. The molecule has 0 aliphatic heterocycles. The molecule has 0 fully saturated rings. The Morgan fingerprint density at radius 1 is 1.32 bits per heavy atom. The first kappa shape index (κ1) is 20.7. The van der Waals surface area contributed by atoms with Crippen molar-refractivity contribution in [1.29, 1.82) is 0 Å². The average molecular weight is 430 g/mol. The monoisotopic (exact) mass is 429 g/mol. The summed E-state index contributed by atoms with van der Waals surface area (Å²) in [5, 5.41) is 5.97. The zero-order chi connectivity index (χ0) is 20.5. The first-order chi connectivity index (χ1) is 13.2. The van der Waals surface area contributed by atoms with E-state index in [1.54, 1.807) is 23.7 Å². The van der Waals surface area contributed by atoms with E-state index in [2.05, 4.69) is 5.10 Å². The molecule has 0 unspecified atom stereocenters. The van der Waals surface area contributed by atoms with Gasteiger partial charge in [-0.1, -0.05) is 29.8 Å². The summed E-state index contributed by atoms with van der Waals surface area (Å²) in [5.74, 6) is -0.392. The van der Waals surface area contributed by atoms with Gasteiger partial charge in [0.25, 0.3) is 5.91 Å². The number of carbonyl (C=O) groups excluding carboxylic acids is 1. The van der Waals surface area contributed by atoms with Crippen molar-refractivity contribution < 1.29 is 18.0 Å². The number of thiophene rings is 1. The third kappa shape index (κ3) is 4.50. The van der Waals surface area contributed by atoms with Gasteiger partial charge in [0.1, 0.15) is 4.83 Å². The van der Waals surface area contributed by atoms with E-state index in [-0.39, 0.29) is 13.1 Å². The van der Waals surface area contributed by atoms with Crippen molar-refractivity contribution in [3.8, 4) is 0 Å². The van der Waals surface area contributed by atoms with Crippen LogP contribution in [0.25, 0.3) is 10.2 Å². The molecule has 0 N–H and O–H groups in total. The highest BCUT2D eigenvalue weighted by Gasteiger charge is 2.29. The Morgan fingerprint density at radius 2 is 2.04 bits per heavy atom. The number of alkyl halides is 3. The van der Waals surface area contributed by atoms with E-state index in [4.69, 9.17) is 11.6 Å². The number of amides is 1. The largest absolute Gasteiger partial charge is 0.390 e. The molecule has 0 radical (unpaired) electrons. The fraction of sp³-hybridized carbons (Fsp3) is 0.368. The lowest BCUT2D eigenvalue weighted by molar-refractivity contribution is -0.136. The van der Waals surface area contributed by atoms with Crippen molar-refractivity contribution in [3.05, 3.63) is 51.5 Å². The molecular weight excluding hydrogens is 411 g/mol. The average Bonchev–Trinajstić information content (AvgIpc) is 3.18. The van der Waals surface area contributed by atoms with Crippen LogP contribution in [0.15, 0.2) is 30.3 Å². The summed E-state index contributed by atoms with van der Waals surface area (Å²) in [6.07, 6.45) is -5.31. The predicted octanol–water partition coefficient (Wildman–Crippen LogP) is 5.52. The summed E-state index contributed by atoms with van der Waals surface area (Å²) >= 11 is 7.47. The Hall–Kier alpha value is -2.06. The smallest absolute Gasteiger partial charge is 0.338 e. The summed E-state index contributed by atoms with van der Waals surface area (Å²) in [7, 11) is 0. The lowest BCUT2D eigenvalue weighted by atomic mass is 10.2. The number of benzene rings is 1. The number of fused-ring (bicyclic) bond motifs is 1. The van der Waals surface area contributed by atoms with Gasteiger partial charge in [-0.3, -0.25) is 9.48 Å². The molecule has 0 bridgehead atoms. The summed E-state index contributed by atoms with van der Waals surface area (Å²) < 4.78 is 39.3. The van der Waals surface area contributed by atoms with Crippen molar-refractivity contribution in [1.82, 2.24) is 14.7 Å².